The maximum absolute atomic E-state index is 13.3. The summed E-state index contributed by atoms with van der Waals surface area (Å²) in [4.78, 5) is 30.6. The SMILES string of the molecule is Cc1cccc(Oc2nc3ccccc3n3c(=O)n(CC(=O)NC4CCCCC4)nc23)c1C. The Balaban J connectivity index is 1.55. The summed E-state index contributed by atoms with van der Waals surface area (Å²) in [5, 5.41) is 7.51. The number of hydrogen-bond donors (Lipinski definition) is 1. The number of aromatic nitrogens is 4. The van der Waals surface area contributed by atoms with E-state index in [0.717, 1.165) is 36.8 Å². The summed E-state index contributed by atoms with van der Waals surface area (Å²) < 4.78 is 8.82. The van der Waals surface area contributed by atoms with Crippen LogP contribution in [0, 0.1) is 13.8 Å². The van der Waals surface area contributed by atoms with Gasteiger partial charge in [0.15, 0.2) is 0 Å². The van der Waals surface area contributed by atoms with Crippen molar-refractivity contribution >= 4 is 22.6 Å². The predicted octanol–water partition coefficient (Wildman–Crippen LogP) is 3.90. The minimum Gasteiger partial charge on any atom is -0.436 e. The molecule has 0 unspecified atom stereocenters. The van der Waals surface area contributed by atoms with Crippen molar-refractivity contribution in [1.29, 1.82) is 0 Å². The third-order valence-electron chi connectivity index (χ3n) is 6.40. The highest BCUT2D eigenvalue weighted by Crippen LogP contribution is 2.29. The number of amides is 1. The maximum Gasteiger partial charge on any atom is 0.351 e. The van der Waals surface area contributed by atoms with Gasteiger partial charge in [-0.2, -0.15) is 0 Å². The van der Waals surface area contributed by atoms with Gasteiger partial charge in [-0.15, -0.1) is 5.10 Å². The van der Waals surface area contributed by atoms with E-state index in [1.807, 2.05) is 56.3 Å². The van der Waals surface area contributed by atoms with Gasteiger partial charge in [-0.1, -0.05) is 43.5 Å². The van der Waals surface area contributed by atoms with Gasteiger partial charge in [0, 0.05) is 6.04 Å². The van der Waals surface area contributed by atoms with Crippen molar-refractivity contribution in [2.45, 2.75) is 58.5 Å². The first-order chi connectivity index (χ1) is 16.0. The van der Waals surface area contributed by atoms with E-state index in [9.17, 15) is 9.59 Å². The molecule has 0 aliphatic heterocycles. The third-order valence-corrected chi connectivity index (χ3v) is 6.40. The number of benzene rings is 2. The molecule has 33 heavy (non-hydrogen) atoms. The van der Waals surface area contributed by atoms with Crippen LogP contribution in [-0.2, 0) is 11.3 Å². The fourth-order valence-electron chi connectivity index (χ4n) is 4.44. The van der Waals surface area contributed by atoms with Gasteiger partial charge in [-0.3, -0.25) is 4.79 Å². The van der Waals surface area contributed by atoms with Crippen molar-refractivity contribution in [3.63, 3.8) is 0 Å². The van der Waals surface area contributed by atoms with E-state index in [1.165, 1.54) is 15.5 Å². The number of nitrogens with zero attached hydrogens (tertiary/aromatic N) is 4. The van der Waals surface area contributed by atoms with Gasteiger partial charge in [0.2, 0.25) is 11.6 Å². The molecule has 0 spiro atoms. The van der Waals surface area contributed by atoms with Crippen LogP contribution in [0.3, 0.4) is 0 Å². The summed E-state index contributed by atoms with van der Waals surface area (Å²) in [5.74, 6) is 0.671. The summed E-state index contributed by atoms with van der Waals surface area (Å²) in [6.45, 7) is 3.84. The van der Waals surface area contributed by atoms with E-state index in [4.69, 9.17) is 4.74 Å². The zero-order valence-electron chi connectivity index (χ0n) is 18.9. The minimum absolute atomic E-state index is 0.145. The molecule has 2 heterocycles. The standard InChI is InChI=1S/C25H27N5O3/c1-16-9-8-14-21(17(16)2)33-24-23-28-29(15-22(31)26-18-10-4-3-5-11-18)25(32)30(23)20-13-7-6-12-19(20)27-24/h6-9,12-14,18H,3-5,10-11,15H2,1-2H3,(H,26,31). The Hall–Kier alpha value is -3.68. The molecule has 0 saturated heterocycles. The summed E-state index contributed by atoms with van der Waals surface area (Å²) in [5.41, 5.74) is 3.19. The molecule has 1 amide bonds. The normalized spacial score (nSPS) is 14.6. The lowest BCUT2D eigenvalue weighted by Gasteiger charge is -2.22. The zero-order chi connectivity index (χ0) is 22.9. The second kappa shape index (κ2) is 8.69. The highest BCUT2D eigenvalue weighted by Gasteiger charge is 2.21. The number of nitrogens with one attached hydrogen (secondary N) is 1. The number of aryl methyl sites for hydroxylation is 1. The number of carbonyl (C=O) groups excluding carboxylic acids is 1. The molecule has 1 N–H and O–H groups in total. The van der Waals surface area contributed by atoms with E-state index in [-0.39, 0.29) is 30.0 Å². The third kappa shape index (κ3) is 4.08. The van der Waals surface area contributed by atoms with Gasteiger partial charge < -0.3 is 10.1 Å². The number of carbonyl (C=O) groups is 1. The fraction of sp³-hybridized carbons (Fsp3) is 0.360. The van der Waals surface area contributed by atoms with Crippen molar-refractivity contribution in [3.05, 3.63) is 64.1 Å². The summed E-state index contributed by atoms with van der Waals surface area (Å²) >= 11 is 0. The number of rotatable bonds is 5. The molecule has 8 heteroatoms. The molecule has 5 rings (SSSR count). The van der Waals surface area contributed by atoms with Gasteiger partial charge in [-0.25, -0.2) is 18.9 Å². The monoisotopic (exact) mass is 445 g/mol. The lowest BCUT2D eigenvalue weighted by Crippen LogP contribution is -2.40. The van der Waals surface area contributed by atoms with Gasteiger partial charge in [0.1, 0.15) is 12.3 Å². The number of ether oxygens (including phenoxy) is 1. The zero-order valence-corrected chi connectivity index (χ0v) is 18.9. The van der Waals surface area contributed by atoms with Crippen molar-refractivity contribution in [2.24, 2.45) is 0 Å². The lowest BCUT2D eigenvalue weighted by molar-refractivity contribution is -0.122. The lowest BCUT2D eigenvalue weighted by atomic mass is 9.95. The van der Waals surface area contributed by atoms with E-state index in [2.05, 4.69) is 15.4 Å². The Labute approximate surface area is 191 Å². The van der Waals surface area contributed by atoms with Crippen LogP contribution in [0.2, 0.25) is 0 Å². The average molecular weight is 446 g/mol. The highest BCUT2D eigenvalue weighted by molar-refractivity contribution is 5.80. The van der Waals surface area contributed by atoms with Crippen LogP contribution >= 0.6 is 0 Å². The molecule has 2 aromatic carbocycles. The van der Waals surface area contributed by atoms with Gasteiger partial charge in [-0.05, 0) is 56.0 Å². The molecular formula is C25H27N5O3. The van der Waals surface area contributed by atoms with Crippen LogP contribution in [-0.4, -0.2) is 31.1 Å². The molecule has 1 aliphatic carbocycles. The molecule has 0 radical (unpaired) electrons. The van der Waals surface area contributed by atoms with Crippen molar-refractivity contribution in [1.82, 2.24) is 24.5 Å². The molecule has 1 fully saturated rings. The average Bonchev–Trinajstić information content (AvgIpc) is 3.14. The van der Waals surface area contributed by atoms with Crippen LogP contribution in [0.25, 0.3) is 16.7 Å². The fourth-order valence-corrected chi connectivity index (χ4v) is 4.44. The summed E-state index contributed by atoms with van der Waals surface area (Å²) in [6, 6.07) is 13.3. The predicted molar refractivity (Wildman–Crippen MR) is 126 cm³/mol. The largest absolute Gasteiger partial charge is 0.436 e. The van der Waals surface area contributed by atoms with Crippen molar-refractivity contribution < 1.29 is 9.53 Å². The van der Waals surface area contributed by atoms with Gasteiger partial charge in [0.05, 0.1) is 11.0 Å². The molecule has 0 bridgehead atoms. The quantitative estimate of drug-likeness (QED) is 0.503. The van der Waals surface area contributed by atoms with Crippen molar-refractivity contribution in [2.75, 3.05) is 0 Å². The van der Waals surface area contributed by atoms with Crippen LogP contribution in [0.15, 0.2) is 47.3 Å². The van der Waals surface area contributed by atoms with E-state index < -0.39 is 5.69 Å². The molecular weight excluding hydrogens is 418 g/mol. The first-order valence-corrected chi connectivity index (χ1v) is 11.4. The number of fused-ring (bicyclic) bond motifs is 3. The Morgan fingerprint density at radius 1 is 1.09 bits per heavy atom. The Kier molecular flexibility index (Phi) is 5.58. The first-order valence-electron chi connectivity index (χ1n) is 11.4. The number of hydrogen-bond acceptors (Lipinski definition) is 5. The maximum atomic E-state index is 13.3. The second-order valence-electron chi connectivity index (χ2n) is 8.71. The second-order valence-corrected chi connectivity index (χ2v) is 8.71. The molecule has 1 aliphatic rings. The molecule has 0 atom stereocenters. The van der Waals surface area contributed by atoms with Gasteiger partial charge >= 0.3 is 5.69 Å². The van der Waals surface area contributed by atoms with Crippen molar-refractivity contribution in [3.8, 4) is 11.6 Å². The molecule has 1 saturated carbocycles. The summed E-state index contributed by atoms with van der Waals surface area (Å²) in [6.07, 6.45) is 5.41. The molecule has 2 aromatic heterocycles. The summed E-state index contributed by atoms with van der Waals surface area (Å²) in [7, 11) is 0. The molecule has 4 aromatic rings. The van der Waals surface area contributed by atoms with Crippen LogP contribution in [0.5, 0.6) is 11.6 Å². The Morgan fingerprint density at radius 2 is 1.88 bits per heavy atom. The van der Waals surface area contributed by atoms with Crippen LogP contribution in [0.4, 0.5) is 0 Å². The van der Waals surface area contributed by atoms with Crippen LogP contribution < -0.4 is 15.7 Å². The minimum atomic E-state index is -0.395. The molecule has 170 valence electrons. The van der Waals surface area contributed by atoms with E-state index in [1.54, 1.807) is 0 Å². The smallest absolute Gasteiger partial charge is 0.351 e. The highest BCUT2D eigenvalue weighted by atomic mass is 16.5. The Bertz CT molecular complexity index is 1400. The van der Waals surface area contributed by atoms with E-state index >= 15 is 0 Å². The molecule has 8 nitrogen and oxygen atoms in total. The topological polar surface area (TPSA) is 90.5 Å². The van der Waals surface area contributed by atoms with E-state index in [0.29, 0.717) is 16.8 Å². The van der Waals surface area contributed by atoms with Gasteiger partial charge in [0.25, 0.3) is 5.88 Å². The first kappa shape index (κ1) is 21.2. The number of para-hydroxylation sites is 2. The Morgan fingerprint density at radius 3 is 2.70 bits per heavy atom. The van der Waals surface area contributed by atoms with Crippen LogP contribution in [0.1, 0.15) is 43.2 Å².